The molecule has 0 aromatic heterocycles. The zero-order valence-electron chi connectivity index (χ0n) is 58.8. The van der Waals surface area contributed by atoms with Gasteiger partial charge in [-0.2, -0.15) is 0 Å². The molecule has 0 radical (unpaired) electrons. The Kier molecular flexibility index (Phi) is 34.5. The molecule has 3 heterocycles. The number of hydrogen-bond donors (Lipinski definition) is 17. The maximum Gasteiger partial charge on any atom is 0.326 e. The van der Waals surface area contributed by atoms with Gasteiger partial charge in [0, 0.05) is 65.3 Å². The number of likely N-dealkylation sites (tertiary alicyclic amines) is 3. The van der Waals surface area contributed by atoms with Crippen molar-refractivity contribution in [2.24, 2.45) is 45.2 Å². The van der Waals surface area contributed by atoms with Crippen LogP contribution in [0.1, 0.15) is 117 Å². The number of carboxylic acid groups (broad SMARTS) is 5. The molecule has 1 aromatic carbocycles. The van der Waals surface area contributed by atoms with Crippen LogP contribution in [0, 0.1) is 22.7 Å². The fourth-order valence-corrected chi connectivity index (χ4v) is 12.6. The van der Waals surface area contributed by atoms with Gasteiger partial charge in [-0.3, -0.25) is 82.6 Å². The number of unbranched alkanes of at least 4 members (excludes halogenated alkanes) is 1. The van der Waals surface area contributed by atoms with E-state index in [4.69, 9.17) is 28.3 Å². The molecule has 8 atom stereocenters. The molecule has 37 nitrogen and oxygen atoms in total. The van der Waals surface area contributed by atoms with Gasteiger partial charge in [-0.1, -0.05) is 46.8 Å². The minimum Gasteiger partial charge on any atom is -0.508 e. The predicted octanol–water partition coefficient (Wildman–Crippen LogP) is -3.97. The monoisotopic (exact) mass is 1440 g/mol. The van der Waals surface area contributed by atoms with Crippen molar-refractivity contribution in [3.8, 4) is 5.75 Å². The highest BCUT2D eigenvalue weighted by Crippen LogP contribution is 2.27. The van der Waals surface area contributed by atoms with Crippen molar-refractivity contribution in [2.45, 2.75) is 166 Å². The molecule has 0 bridgehead atoms. The number of amides is 8. The molecular formula is C65H106N18O19. The number of hydrogen-bond acceptors (Lipinski definition) is 20. The molecule has 0 unspecified atom stereocenters. The summed E-state index contributed by atoms with van der Waals surface area (Å²) in [6, 6.07) is -4.79. The standard InChI is InChI=1S/C65H106N18O19/c1-38(2)31-45(62(101)102)75-59(98)54(65(3,4)5)77-55(94)44(32-39-15-17-41(84)18-16-39)74-56(95)46-13-9-23-82(46)61(100)43(12-8-22-71-63(67)68)73-58(97)53(40-19-25-81(26-20-40)64(69)70)76-57(96)47-14-10-24-83(47)60(99)42(11-6-7-21-66)72-48(85)33-79(35-50(88)89)29-27-78(34-49(86)87)28-30-80(36-51(90)91)37-52(92)93/h15-18,38,40,42-47,53-54,84H,6-14,19-37,66H2,1-5H3,(H3,69,70)(H,72,85)(H,73,97)(H,74,95)(H,75,98)(H,76,96)(H,77,94)(H,86,87)(H,88,89)(H,90,91)(H,92,93)(H,101,102)(H4,67,68,71)/t42-,43+,44-,45+,46+,47+,53+,54-/m1/s1. The molecule has 1 aromatic rings. The van der Waals surface area contributed by atoms with Crippen molar-refractivity contribution < 1.29 is 93.0 Å². The number of guanidine groups is 2. The Morgan fingerprint density at radius 1 is 0.578 bits per heavy atom. The van der Waals surface area contributed by atoms with E-state index in [-0.39, 0.29) is 147 Å². The lowest BCUT2D eigenvalue weighted by Gasteiger charge is -2.37. The van der Waals surface area contributed by atoms with Crippen LogP contribution in [0.5, 0.6) is 5.75 Å². The first kappa shape index (κ1) is 84.9. The Hall–Kier alpha value is -9.49. The Balaban J connectivity index is 1.64. The molecule has 0 aliphatic carbocycles. The molecule has 0 spiro atoms. The van der Waals surface area contributed by atoms with E-state index in [9.17, 15) is 83.4 Å². The largest absolute Gasteiger partial charge is 0.508 e. The van der Waals surface area contributed by atoms with Crippen LogP contribution in [0.3, 0.4) is 0 Å². The number of carbonyl (C=O) groups excluding carboxylic acids is 8. The third-order valence-corrected chi connectivity index (χ3v) is 17.8. The second-order valence-corrected chi connectivity index (χ2v) is 27.5. The molecule has 570 valence electrons. The number of piperidine rings is 1. The zero-order chi connectivity index (χ0) is 76.1. The van der Waals surface area contributed by atoms with E-state index in [2.05, 4.69) is 36.9 Å². The van der Waals surface area contributed by atoms with Crippen molar-refractivity contribution in [3.63, 3.8) is 0 Å². The summed E-state index contributed by atoms with van der Waals surface area (Å²) in [6.07, 6.45) is 1.84. The summed E-state index contributed by atoms with van der Waals surface area (Å²) >= 11 is 0. The average Bonchev–Trinajstić information content (AvgIpc) is 1.53. The molecule has 3 aliphatic heterocycles. The van der Waals surface area contributed by atoms with Gasteiger partial charge >= 0.3 is 29.8 Å². The molecular weight excluding hydrogens is 1340 g/mol. The minimum absolute atomic E-state index is 0.00424. The zero-order valence-corrected chi connectivity index (χ0v) is 58.8. The van der Waals surface area contributed by atoms with Gasteiger partial charge in [0.1, 0.15) is 54.1 Å². The van der Waals surface area contributed by atoms with E-state index in [0.717, 1.165) is 4.90 Å². The highest BCUT2D eigenvalue weighted by atomic mass is 16.4. The maximum absolute atomic E-state index is 15.2. The number of phenols is 1. The summed E-state index contributed by atoms with van der Waals surface area (Å²) in [5, 5.41) is 82.6. The lowest BCUT2D eigenvalue weighted by Crippen LogP contribution is -2.62. The second-order valence-electron chi connectivity index (χ2n) is 27.5. The van der Waals surface area contributed by atoms with Crippen molar-refractivity contribution in [2.75, 3.05) is 98.2 Å². The third kappa shape index (κ3) is 28.9. The Labute approximate surface area is 592 Å². The summed E-state index contributed by atoms with van der Waals surface area (Å²) in [7, 11) is 0. The number of carboxylic acids is 5. The molecule has 3 saturated heterocycles. The number of nitrogens with one attached hydrogen (secondary N) is 7. The lowest BCUT2D eigenvalue weighted by molar-refractivity contribution is -0.144. The summed E-state index contributed by atoms with van der Waals surface area (Å²) in [4.78, 5) is 188. The second kappa shape index (κ2) is 41.4. The Morgan fingerprint density at radius 3 is 1.54 bits per heavy atom. The van der Waals surface area contributed by atoms with E-state index in [1.807, 2.05) is 0 Å². The molecule has 21 N–H and O–H groups in total. The predicted molar refractivity (Wildman–Crippen MR) is 368 cm³/mol. The van der Waals surface area contributed by atoms with Gasteiger partial charge in [-0.15, -0.1) is 0 Å². The van der Waals surface area contributed by atoms with Crippen LogP contribution >= 0.6 is 0 Å². The van der Waals surface area contributed by atoms with Crippen molar-refractivity contribution >= 4 is 89.0 Å². The number of benzene rings is 1. The number of aliphatic imine (C=N–C) groups is 1. The van der Waals surface area contributed by atoms with Gasteiger partial charge < -0.3 is 100 Å². The summed E-state index contributed by atoms with van der Waals surface area (Å²) < 4.78 is 0. The van der Waals surface area contributed by atoms with Crippen LogP contribution in [-0.2, 0) is 68.7 Å². The molecule has 37 heteroatoms. The van der Waals surface area contributed by atoms with E-state index >= 15 is 9.59 Å². The molecule has 3 aliphatic rings. The molecule has 3 fully saturated rings. The summed E-state index contributed by atoms with van der Waals surface area (Å²) in [5.74, 6) is -14.2. The highest BCUT2D eigenvalue weighted by Gasteiger charge is 2.45. The minimum atomic E-state index is -1.42. The van der Waals surface area contributed by atoms with Crippen LogP contribution in [0.2, 0.25) is 0 Å². The van der Waals surface area contributed by atoms with Gasteiger partial charge in [0.05, 0.1) is 32.7 Å². The average molecular weight is 1440 g/mol. The van der Waals surface area contributed by atoms with Crippen molar-refractivity contribution in [1.82, 2.24) is 61.3 Å². The number of carbonyl (C=O) groups is 13. The topological polar surface area (TPSA) is 575 Å². The summed E-state index contributed by atoms with van der Waals surface area (Å²) in [6.45, 7) is 5.14. The van der Waals surface area contributed by atoms with Crippen LogP contribution in [0.4, 0.5) is 0 Å². The first-order valence-electron chi connectivity index (χ1n) is 34.3. The lowest BCUT2D eigenvalue weighted by atomic mass is 9.85. The fourth-order valence-electron chi connectivity index (χ4n) is 12.6. The first-order valence-corrected chi connectivity index (χ1v) is 34.3. The quantitative estimate of drug-likeness (QED) is 0.0168. The number of rotatable bonds is 43. The molecule has 102 heavy (non-hydrogen) atoms. The molecule has 8 amide bonds. The molecule has 0 saturated carbocycles. The van der Waals surface area contributed by atoms with Crippen LogP contribution in [0.15, 0.2) is 29.3 Å². The van der Waals surface area contributed by atoms with Crippen LogP contribution in [-0.4, -0.2) is 296 Å². The Bertz CT molecular complexity index is 3090. The number of nitrogens with zero attached hydrogens (tertiary/aromatic N) is 7. The van der Waals surface area contributed by atoms with Gasteiger partial charge in [-0.25, -0.2) is 4.79 Å². The van der Waals surface area contributed by atoms with E-state index < -0.39 is 169 Å². The summed E-state index contributed by atoms with van der Waals surface area (Å²) in [5.41, 5.74) is 22.4. The van der Waals surface area contributed by atoms with E-state index in [1.54, 1.807) is 39.5 Å². The van der Waals surface area contributed by atoms with Gasteiger partial charge in [0.15, 0.2) is 11.9 Å². The van der Waals surface area contributed by atoms with Gasteiger partial charge in [0.25, 0.3) is 0 Å². The smallest absolute Gasteiger partial charge is 0.326 e. The number of phenolic OH excluding ortho intramolecular Hbond substituents is 1. The SMILES string of the molecule is CC(C)C[C@H](NC(=O)[C@@H](NC(=O)[C@@H](Cc1ccc(O)cc1)NC(=O)[C@@H]1CCCN1C(=O)[C@H](CCCN=C(N)N)NC(=O)[C@@H](NC(=O)[C@@H]1CCCN1C(=O)[C@@H](CCCCN)NC(=O)CN(CCN(CCN(CC(=O)O)CC(=O)O)CC(=O)O)CC(=O)O)C1CCN(C(=N)N)CC1)C(C)(C)C)C(=O)O. The maximum atomic E-state index is 15.2. The van der Waals surface area contributed by atoms with Crippen LogP contribution in [0.25, 0.3) is 0 Å². The van der Waals surface area contributed by atoms with E-state index in [1.165, 1.54) is 43.9 Å². The molecule has 4 rings (SSSR count). The Morgan fingerprint density at radius 2 is 1.06 bits per heavy atom. The number of aliphatic carboxylic acids is 5. The third-order valence-electron chi connectivity index (χ3n) is 17.8. The van der Waals surface area contributed by atoms with Crippen molar-refractivity contribution in [3.05, 3.63) is 29.8 Å². The number of aromatic hydroxyl groups is 1. The van der Waals surface area contributed by atoms with Crippen LogP contribution < -0.4 is 54.8 Å². The van der Waals surface area contributed by atoms with Crippen molar-refractivity contribution in [1.29, 1.82) is 5.41 Å². The first-order chi connectivity index (χ1) is 48.0. The highest BCUT2D eigenvalue weighted by molar-refractivity contribution is 5.99. The number of nitrogens with two attached hydrogens (primary N) is 4. The normalized spacial score (nSPS) is 17.4. The van der Waals surface area contributed by atoms with Gasteiger partial charge in [-0.05, 0) is 119 Å². The van der Waals surface area contributed by atoms with E-state index in [0.29, 0.717) is 31.2 Å². The fraction of sp³-hybridized carbons (Fsp3) is 0.677. The van der Waals surface area contributed by atoms with Gasteiger partial charge in [0.2, 0.25) is 47.3 Å².